The fraction of sp³-hybridized carbons (Fsp3) is 0.609. The zero-order valence-corrected chi connectivity index (χ0v) is 19.4. The van der Waals surface area contributed by atoms with Crippen molar-refractivity contribution in [2.24, 2.45) is 0 Å². The van der Waals surface area contributed by atoms with Crippen molar-refractivity contribution in [3.8, 4) is 0 Å². The van der Waals surface area contributed by atoms with Crippen LogP contribution in [0.3, 0.4) is 0 Å². The Balaban J connectivity index is 1.23. The number of rotatable bonds is 7. The Hall–Kier alpha value is -2.85. The smallest absolute Gasteiger partial charge is 0.410 e. The molecule has 180 valence electrons. The highest BCUT2D eigenvalue weighted by atomic mass is 16.7. The van der Waals surface area contributed by atoms with Crippen molar-refractivity contribution in [3.05, 3.63) is 35.9 Å². The lowest BCUT2D eigenvalue weighted by atomic mass is 10.0. The molecule has 3 aliphatic heterocycles. The monoisotopic (exact) mass is 460 g/mol. The number of nitrogens with zero attached hydrogens (tertiary/aromatic N) is 3. The lowest BCUT2D eigenvalue weighted by molar-refractivity contribution is -0.142. The Labute approximate surface area is 193 Å². The summed E-state index contributed by atoms with van der Waals surface area (Å²) < 4.78 is 5.38. The summed E-state index contributed by atoms with van der Waals surface area (Å²) >= 11 is 0. The minimum absolute atomic E-state index is 0.0662. The van der Waals surface area contributed by atoms with E-state index >= 15 is 0 Å². The highest BCUT2D eigenvalue weighted by molar-refractivity contribution is 5.88. The summed E-state index contributed by atoms with van der Waals surface area (Å²) in [5.74, 6) is -0.366. The van der Waals surface area contributed by atoms with E-state index in [4.69, 9.17) is 14.4 Å². The zero-order chi connectivity index (χ0) is 23.6. The summed E-state index contributed by atoms with van der Waals surface area (Å²) in [4.78, 5) is 52.1. The van der Waals surface area contributed by atoms with Gasteiger partial charge in [0.25, 0.3) is 5.91 Å². The number of amides is 4. The van der Waals surface area contributed by atoms with Gasteiger partial charge in [0.15, 0.2) is 0 Å². The number of carbonyl (C=O) groups is 3. The van der Waals surface area contributed by atoms with E-state index in [-0.39, 0.29) is 36.7 Å². The molecule has 0 aromatic heterocycles. The van der Waals surface area contributed by atoms with Crippen LogP contribution in [0.15, 0.2) is 30.3 Å². The number of fused-ring (bicyclic) bond motifs is 2. The third kappa shape index (κ3) is 5.39. The fourth-order valence-electron chi connectivity index (χ4n) is 4.24. The lowest BCUT2D eigenvalue weighted by Gasteiger charge is -2.41. The Morgan fingerprint density at radius 3 is 2.55 bits per heavy atom. The molecule has 2 bridgehead atoms. The molecule has 0 unspecified atom stereocenters. The van der Waals surface area contributed by atoms with Crippen molar-refractivity contribution in [2.75, 3.05) is 19.7 Å². The van der Waals surface area contributed by atoms with E-state index in [1.807, 2.05) is 51.1 Å². The van der Waals surface area contributed by atoms with E-state index in [1.165, 1.54) is 9.96 Å². The molecule has 33 heavy (non-hydrogen) atoms. The first-order valence-electron chi connectivity index (χ1n) is 11.4. The van der Waals surface area contributed by atoms with E-state index in [0.717, 1.165) is 12.0 Å². The normalized spacial score (nSPS) is 24.5. The highest BCUT2D eigenvalue weighted by Crippen LogP contribution is 2.30. The lowest BCUT2D eigenvalue weighted by Crippen LogP contribution is -2.56. The number of hydrogen-bond acceptors (Lipinski definition) is 6. The molecule has 10 heteroatoms. The number of carbonyl (C=O) groups excluding carboxylic acids is 3. The van der Waals surface area contributed by atoms with Gasteiger partial charge in [-0.1, -0.05) is 30.3 Å². The summed E-state index contributed by atoms with van der Waals surface area (Å²) in [5, 5.41) is 1.40. The minimum Gasteiger partial charge on any atom is -0.444 e. The van der Waals surface area contributed by atoms with Gasteiger partial charge in [-0.2, -0.15) is 5.06 Å². The van der Waals surface area contributed by atoms with Crippen molar-refractivity contribution in [3.63, 3.8) is 0 Å². The molecule has 0 saturated carbocycles. The molecule has 4 rings (SSSR count). The fourth-order valence-corrected chi connectivity index (χ4v) is 4.24. The van der Waals surface area contributed by atoms with Gasteiger partial charge in [0.1, 0.15) is 18.2 Å². The molecule has 1 aromatic carbocycles. The first-order chi connectivity index (χ1) is 15.7. The van der Waals surface area contributed by atoms with E-state index in [9.17, 15) is 14.4 Å². The van der Waals surface area contributed by atoms with Crippen molar-refractivity contribution >= 4 is 18.0 Å². The van der Waals surface area contributed by atoms with Crippen LogP contribution >= 0.6 is 0 Å². The Kier molecular flexibility index (Phi) is 6.76. The van der Waals surface area contributed by atoms with Gasteiger partial charge in [0.05, 0.1) is 18.7 Å². The van der Waals surface area contributed by atoms with Crippen LogP contribution in [0, 0.1) is 0 Å². The quantitative estimate of drug-likeness (QED) is 0.628. The SMILES string of the molecule is CC(C)(C)OC(=O)N1CC[C@H]1CONC(=O)[C@@H]1CC[C@@H]2CN1C(=O)N2OCc1ccccc1. The number of likely N-dealkylation sites (tertiary alicyclic amines) is 1. The second kappa shape index (κ2) is 9.56. The second-order valence-electron chi connectivity index (χ2n) is 9.66. The molecule has 4 amide bonds. The third-order valence-electron chi connectivity index (χ3n) is 6.06. The van der Waals surface area contributed by atoms with Crippen LogP contribution in [0.4, 0.5) is 9.59 Å². The summed E-state index contributed by atoms with van der Waals surface area (Å²) in [5.41, 5.74) is 2.87. The third-order valence-corrected chi connectivity index (χ3v) is 6.06. The summed E-state index contributed by atoms with van der Waals surface area (Å²) in [6.07, 6.45) is 1.60. The van der Waals surface area contributed by atoms with E-state index < -0.39 is 11.6 Å². The number of benzene rings is 1. The molecule has 3 fully saturated rings. The van der Waals surface area contributed by atoms with Gasteiger partial charge >= 0.3 is 12.1 Å². The first kappa shape index (κ1) is 23.3. The molecule has 0 spiro atoms. The summed E-state index contributed by atoms with van der Waals surface area (Å²) in [6.45, 7) is 6.96. The summed E-state index contributed by atoms with van der Waals surface area (Å²) in [7, 11) is 0. The van der Waals surface area contributed by atoms with Crippen LogP contribution in [0.25, 0.3) is 0 Å². The molecular formula is C23H32N4O6. The molecule has 1 aromatic rings. The predicted octanol–water partition coefficient (Wildman–Crippen LogP) is 2.44. The number of urea groups is 1. The second-order valence-corrected chi connectivity index (χ2v) is 9.66. The maximum absolute atomic E-state index is 12.8. The van der Waals surface area contributed by atoms with Crippen molar-refractivity contribution in [2.45, 2.75) is 70.4 Å². The molecular weight excluding hydrogens is 428 g/mol. The maximum atomic E-state index is 12.8. The zero-order valence-electron chi connectivity index (χ0n) is 19.4. The first-order valence-corrected chi connectivity index (χ1v) is 11.4. The largest absolute Gasteiger partial charge is 0.444 e. The molecule has 10 nitrogen and oxygen atoms in total. The Morgan fingerprint density at radius 2 is 1.88 bits per heavy atom. The van der Waals surface area contributed by atoms with Gasteiger partial charge in [0, 0.05) is 13.1 Å². The summed E-state index contributed by atoms with van der Waals surface area (Å²) in [6, 6.07) is 8.51. The maximum Gasteiger partial charge on any atom is 0.410 e. The van der Waals surface area contributed by atoms with Gasteiger partial charge in [-0.15, -0.1) is 0 Å². The van der Waals surface area contributed by atoms with E-state index in [1.54, 1.807) is 4.90 Å². The van der Waals surface area contributed by atoms with Gasteiger partial charge in [-0.05, 0) is 45.6 Å². The molecule has 3 heterocycles. The predicted molar refractivity (Wildman–Crippen MR) is 117 cm³/mol. The number of nitrogens with one attached hydrogen (secondary N) is 1. The van der Waals surface area contributed by atoms with Crippen LogP contribution in [0.2, 0.25) is 0 Å². The number of hydroxylamine groups is 3. The molecule has 1 N–H and O–H groups in total. The van der Waals surface area contributed by atoms with Crippen LogP contribution in [-0.2, 0) is 25.8 Å². The number of ether oxygens (including phenoxy) is 1. The topological polar surface area (TPSA) is 101 Å². The van der Waals surface area contributed by atoms with Crippen LogP contribution < -0.4 is 5.48 Å². The van der Waals surface area contributed by atoms with Crippen molar-refractivity contribution < 1.29 is 28.8 Å². The van der Waals surface area contributed by atoms with Gasteiger partial charge in [-0.25, -0.2) is 15.1 Å². The Bertz CT molecular complexity index is 873. The standard InChI is InChI=1S/C23H32N4O6/c1-23(2,3)33-22(30)25-12-11-18(25)15-31-24-20(28)19-10-9-17-13-26(19)21(29)27(17)32-14-16-7-5-4-6-8-16/h4-8,17-19H,9-15H2,1-3H3,(H,24,28)/t17-,18+,19+/m1/s1. The Morgan fingerprint density at radius 1 is 1.12 bits per heavy atom. The van der Waals surface area contributed by atoms with Crippen LogP contribution in [0.5, 0.6) is 0 Å². The number of hydrogen-bond donors (Lipinski definition) is 1. The highest BCUT2D eigenvalue weighted by Gasteiger charge is 2.48. The van der Waals surface area contributed by atoms with Gasteiger partial charge in [0.2, 0.25) is 0 Å². The number of piperidine rings is 1. The van der Waals surface area contributed by atoms with Crippen LogP contribution in [-0.4, -0.2) is 76.3 Å². The van der Waals surface area contributed by atoms with Gasteiger partial charge in [-0.3, -0.25) is 14.5 Å². The average molecular weight is 461 g/mol. The molecule has 0 aliphatic carbocycles. The molecule has 3 saturated heterocycles. The van der Waals surface area contributed by atoms with Crippen molar-refractivity contribution in [1.29, 1.82) is 0 Å². The minimum atomic E-state index is -0.609. The molecule has 0 radical (unpaired) electrons. The average Bonchev–Trinajstić information content (AvgIpc) is 2.97. The van der Waals surface area contributed by atoms with E-state index in [0.29, 0.717) is 32.5 Å². The van der Waals surface area contributed by atoms with Gasteiger partial charge < -0.3 is 14.5 Å². The van der Waals surface area contributed by atoms with Crippen molar-refractivity contribution in [1.82, 2.24) is 20.3 Å². The van der Waals surface area contributed by atoms with E-state index in [2.05, 4.69) is 5.48 Å². The molecule has 3 aliphatic rings. The molecule has 3 atom stereocenters. The van der Waals surface area contributed by atoms with Crippen LogP contribution in [0.1, 0.15) is 45.6 Å².